The molecule has 3 N–H and O–H groups in total. The summed E-state index contributed by atoms with van der Waals surface area (Å²) in [5, 5.41) is -0.724. The van der Waals surface area contributed by atoms with Gasteiger partial charge < -0.3 is 13.9 Å². The smallest absolute Gasteiger partial charge is 0.305 e. The summed E-state index contributed by atoms with van der Waals surface area (Å²) < 4.78 is 44.6. The third kappa shape index (κ3) is 6.83. The fourth-order valence-corrected chi connectivity index (χ4v) is 4.24. The van der Waals surface area contributed by atoms with Crippen molar-refractivity contribution >= 4 is 39.2 Å². The average molecular weight is 553 g/mol. The molecule has 0 aliphatic rings. The average Bonchev–Trinajstić information content (AvgIpc) is 3.32. The van der Waals surface area contributed by atoms with Gasteiger partial charge in [-0.25, -0.2) is 23.4 Å². The Labute approximate surface area is 217 Å². The van der Waals surface area contributed by atoms with Crippen molar-refractivity contribution in [2.75, 3.05) is 14.2 Å². The van der Waals surface area contributed by atoms with E-state index in [-0.39, 0.29) is 29.0 Å². The number of ether oxygens (including phenoxy) is 2. The van der Waals surface area contributed by atoms with E-state index in [1.165, 1.54) is 45.9 Å². The summed E-state index contributed by atoms with van der Waals surface area (Å²) in [6, 6.07) is 3.06. The Bertz CT molecular complexity index is 1360. The molecule has 0 radical (unpaired) electrons. The number of carbonyl (C=O) groups is 1. The fourth-order valence-electron chi connectivity index (χ4n) is 2.93. The van der Waals surface area contributed by atoms with Crippen LogP contribution >= 0.6 is 11.6 Å². The molecular formula is C21H25ClN8O6S. The molecule has 16 heteroatoms. The topological polar surface area (TPSA) is 183 Å². The molecule has 0 bridgehead atoms. The Kier molecular flexibility index (Phi) is 8.83. The van der Waals surface area contributed by atoms with E-state index in [1.54, 1.807) is 19.9 Å². The highest BCUT2D eigenvalue weighted by molar-refractivity contribution is 7.90. The van der Waals surface area contributed by atoms with E-state index in [2.05, 4.69) is 40.5 Å². The first-order valence-corrected chi connectivity index (χ1v) is 12.6. The molecule has 0 unspecified atom stereocenters. The van der Waals surface area contributed by atoms with Crippen molar-refractivity contribution in [2.45, 2.75) is 31.9 Å². The number of sulfonamides is 1. The molecule has 3 rings (SSSR count). The summed E-state index contributed by atoms with van der Waals surface area (Å²) in [4.78, 5) is 32.8. The summed E-state index contributed by atoms with van der Waals surface area (Å²) in [7, 11) is -1.45. The summed E-state index contributed by atoms with van der Waals surface area (Å²) in [6.07, 6.45) is 3.94. The van der Waals surface area contributed by atoms with Crippen molar-refractivity contribution < 1.29 is 27.1 Å². The van der Waals surface area contributed by atoms with Crippen LogP contribution in [0, 0.1) is 6.92 Å². The molecule has 37 heavy (non-hydrogen) atoms. The minimum Gasteiger partial charge on any atom is -0.479 e. The van der Waals surface area contributed by atoms with E-state index in [0.29, 0.717) is 10.8 Å². The zero-order valence-corrected chi connectivity index (χ0v) is 22.1. The first kappa shape index (κ1) is 27.6. The number of guanidine groups is 1. The van der Waals surface area contributed by atoms with Crippen LogP contribution in [0.15, 0.2) is 40.3 Å². The first-order valence-electron chi connectivity index (χ1n) is 10.7. The molecule has 1 amide bonds. The predicted octanol–water partition coefficient (Wildman–Crippen LogP) is 1.87. The first-order chi connectivity index (χ1) is 17.6. The number of rotatable bonds is 8. The van der Waals surface area contributed by atoms with Gasteiger partial charge in [-0.3, -0.25) is 20.4 Å². The third-order valence-corrected chi connectivity index (χ3v) is 7.16. The Morgan fingerprint density at radius 2 is 1.68 bits per heavy atom. The van der Waals surface area contributed by atoms with Crippen molar-refractivity contribution in [3.8, 4) is 11.8 Å². The van der Waals surface area contributed by atoms with Crippen molar-refractivity contribution in [1.82, 2.24) is 35.5 Å². The molecule has 2 atom stereocenters. The Balaban J connectivity index is 1.93. The Morgan fingerprint density at radius 3 is 2.22 bits per heavy atom. The molecule has 0 fully saturated rings. The van der Waals surface area contributed by atoms with E-state index < -0.39 is 33.1 Å². The van der Waals surface area contributed by atoms with Crippen LogP contribution in [-0.2, 0) is 10.0 Å². The van der Waals surface area contributed by atoms with Crippen LogP contribution in [0.4, 0.5) is 5.69 Å². The maximum Gasteiger partial charge on any atom is 0.305 e. The summed E-state index contributed by atoms with van der Waals surface area (Å²) in [5.41, 5.74) is 4.76. The van der Waals surface area contributed by atoms with Crippen LogP contribution in [0.25, 0.3) is 0 Å². The van der Waals surface area contributed by atoms with Crippen LogP contribution in [0.5, 0.6) is 11.8 Å². The lowest BCUT2D eigenvalue weighted by molar-refractivity contribution is 0.0914. The highest BCUT2D eigenvalue weighted by atomic mass is 35.5. The van der Waals surface area contributed by atoms with Crippen LogP contribution in [-0.4, -0.2) is 59.7 Å². The van der Waals surface area contributed by atoms with Gasteiger partial charge in [-0.1, -0.05) is 18.5 Å². The number of carbonyl (C=O) groups excluding carboxylic acids is 1. The molecular weight excluding hydrogens is 528 g/mol. The normalized spacial score (nSPS) is 13.4. The molecule has 0 saturated carbocycles. The highest BCUT2D eigenvalue weighted by Gasteiger charge is 2.31. The van der Waals surface area contributed by atoms with Crippen LogP contribution in [0.2, 0.25) is 5.02 Å². The number of aryl methyl sites for hydroxylation is 1. The monoisotopic (exact) mass is 552 g/mol. The number of aromatic nitrogens is 4. The number of furan rings is 1. The molecule has 3 heterocycles. The summed E-state index contributed by atoms with van der Waals surface area (Å²) >= 11 is 5.84. The predicted molar refractivity (Wildman–Crippen MR) is 133 cm³/mol. The number of nitrogens with zero attached hydrogens (tertiary/aromatic N) is 5. The third-order valence-electron chi connectivity index (χ3n) is 5.10. The number of amides is 1. The lowest BCUT2D eigenvalue weighted by atomic mass is 10.1. The largest absolute Gasteiger partial charge is 0.479 e. The summed E-state index contributed by atoms with van der Waals surface area (Å²) in [5.74, 6) is -0.951. The van der Waals surface area contributed by atoms with Gasteiger partial charge >= 0.3 is 5.91 Å². The molecule has 14 nitrogen and oxygen atoms in total. The number of hydrazine groups is 1. The molecule has 3 aromatic heterocycles. The second-order valence-electron chi connectivity index (χ2n) is 7.59. The number of hydrogen-bond donors (Lipinski definition) is 3. The minimum atomic E-state index is -4.14. The zero-order valence-electron chi connectivity index (χ0n) is 20.5. The van der Waals surface area contributed by atoms with E-state index in [1.807, 2.05) is 0 Å². The summed E-state index contributed by atoms with van der Waals surface area (Å²) in [6.45, 7) is 4.79. The molecule has 0 saturated heterocycles. The number of methoxy groups -OCH3 is 2. The SMILES string of the molecule is COc1ncnc(OC)c1/N=C(/NNC(=O)c1ccc(C)o1)NS(=O)(=O)[C@@H](C)[C@H](C)c1ncc(Cl)cn1. The van der Waals surface area contributed by atoms with Gasteiger partial charge in [0.25, 0.3) is 0 Å². The maximum atomic E-state index is 13.3. The fraction of sp³-hybridized carbons (Fsp3) is 0.333. The van der Waals surface area contributed by atoms with Gasteiger partial charge in [-0.2, -0.15) is 9.97 Å². The molecule has 3 aromatic rings. The van der Waals surface area contributed by atoms with Gasteiger partial charge in [0.2, 0.25) is 27.7 Å². The number of hydrogen-bond acceptors (Lipinski definition) is 11. The lowest BCUT2D eigenvalue weighted by Gasteiger charge is -2.21. The second-order valence-corrected chi connectivity index (χ2v) is 10.1. The van der Waals surface area contributed by atoms with Crippen molar-refractivity contribution in [3.05, 3.63) is 53.2 Å². The van der Waals surface area contributed by atoms with Gasteiger partial charge in [-0.15, -0.1) is 0 Å². The minimum absolute atomic E-state index is 0.00526. The van der Waals surface area contributed by atoms with Gasteiger partial charge in [-0.05, 0) is 26.0 Å². The zero-order chi connectivity index (χ0) is 27.2. The van der Waals surface area contributed by atoms with Crippen molar-refractivity contribution in [2.24, 2.45) is 4.99 Å². The second kappa shape index (κ2) is 11.8. The van der Waals surface area contributed by atoms with Crippen molar-refractivity contribution in [3.63, 3.8) is 0 Å². The Morgan fingerprint density at radius 1 is 1.05 bits per heavy atom. The van der Waals surface area contributed by atoms with Gasteiger partial charge in [0.05, 0.1) is 24.5 Å². The standard InChI is InChI=1S/C21H25ClN8O6S/c1-11-6-7-15(36-11)18(31)28-29-21(27-16-19(34-4)25-10-26-20(16)35-5)30-37(32,33)13(3)12(2)17-23-8-14(22)9-24-17/h6-10,12-13H,1-5H3,(H,28,31)(H2,27,29,30)/t12-,13-/m0/s1. The number of aliphatic imine (C=N–C) groups is 1. The molecule has 0 aliphatic heterocycles. The van der Waals surface area contributed by atoms with Gasteiger partial charge in [0.1, 0.15) is 17.9 Å². The quantitative estimate of drug-likeness (QED) is 0.210. The van der Waals surface area contributed by atoms with Gasteiger partial charge in [0, 0.05) is 18.3 Å². The molecule has 0 spiro atoms. The van der Waals surface area contributed by atoms with E-state index in [4.69, 9.17) is 25.5 Å². The molecule has 0 aromatic carbocycles. The lowest BCUT2D eigenvalue weighted by Crippen LogP contribution is -2.51. The Hall–Kier alpha value is -3.98. The van der Waals surface area contributed by atoms with E-state index in [0.717, 1.165) is 0 Å². The maximum absolute atomic E-state index is 13.3. The molecule has 0 aliphatic carbocycles. The number of nitrogens with one attached hydrogen (secondary N) is 3. The van der Waals surface area contributed by atoms with Crippen LogP contribution in [0.1, 0.15) is 41.9 Å². The van der Waals surface area contributed by atoms with E-state index in [9.17, 15) is 13.2 Å². The van der Waals surface area contributed by atoms with Crippen molar-refractivity contribution in [1.29, 1.82) is 0 Å². The highest BCUT2D eigenvalue weighted by Crippen LogP contribution is 2.33. The van der Waals surface area contributed by atoms with Crippen LogP contribution in [0.3, 0.4) is 0 Å². The van der Waals surface area contributed by atoms with Gasteiger partial charge in [0.15, 0.2) is 11.4 Å². The van der Waals surface area contributed by atoms with E-state index >= 15 is 0 Å². The molecule has 198 valence electrons. The van der Waals surface area contributed by atoms with Crippen LogP contribution < -0.4 is 25.0 Å². The number of halogens is 1.